The Bertz CT molecular complexity index is 590. The smallest absolute Gasteiger partial charge is 0.313 e. The van der Waals surface area contributed by atoms with Gasteiger partial charge in [0.15, 0.2) is 0 Å². The van der Waals surface area contributed by atoms with Crippen LogP contribution in [-0.2, 0) is 14.4 Å². The maximum Gasteiger partial charge on any atom is 0.313 e. The van der Waals surface area contributed by atoms with Crippen molar-refractivity contribution >= 4 is 35.0 Å². The van der Waals surface area contributed by atoms with Gasteiger partial charge in [0.1, 0.15) is 5.75 Å². The van der Waals surface area contributed by atoms with Crippen LogP contribution in [0.3, 0.4) is 0 Å². The van der Waals surface area contributed by atoms with Crippen LogP contribution in [0.2, 0.25) is 5.02 Å². The minimum absolute atomic E-state index is 0.155. The number of ether oxygens (including phenoxy) is 1. The summed E-state index contributed by atoms with van der Waals surface area (Å²) in [6, 6.07) is 3.17. The number of rotatable bonds is 5. The molecule has 0 atom stereocenters. The van der Waals surface area contributed by atoms with Gasteiger partial charge in [-0.2, -0.15) is 0 Å². The summed E-state index contributed by atoms with van der Waals surface area (Å²) in [7, 11) is 1.43. The first-order chi connectivity index (χ1) is 10.3. The number of amides is 3. The summed E-state index contributed by atoms with van der Waals surface area (Å²) < 4.78 is 5.11. The third kappa shape index (κ3) is 5.25. The fourth-order valence-corrected chi connectivity index (χ4v) is 1.76. The fourth-order valence-electron chi connectivity index (χ4n) is 1.60. The van der Waals surface area contributed by atoms with E-state index < -0.39 is 11.8 Å². The number of nitrogens with one attached hydrogen (secondary N) is 3. The maximum absolute atomic E-state index is 11.8. The van der Waals surface area contributed by atoms with Crippen molar-refractivity contribution in [3.63, 3.8) is 0 Å². The van der Waals surface area contributed by atoms with Gasteiger partial charge in [-0.15, -0.1) is 0 Å². The Hall–Kier alpha value is -2.28. The van der Waals surface area contributed by atoms with E-state index in [2.05, 4.69) is 16.0 Å². The molecular formula is C14H18ClN3O4. The lowest BCUT2D eigenvalue weighted by atomic mass is 10.2. The molecule has 7 nitrogen and oxygen atoms in total. The summed E-state index contributed by atoms with van der Waals surface area (Å²) in [6.45, 7) is 3.54. The lowest BCUT2D eigenvalue weighted by Gasteiger charge is -2.12. The normalized spacial score (nSPS) is 9.82. The van der Waals surface area contributed by atoms with E-state index in [0.29, 0.717) is 16.5 Å². The van der Waals surface area contributed by atoms with E-state index in [9.17, 15) is 14.4 Å². The first-order valence-electron chi connectivity index (χ1n) is 6.53. The fraction of sp³-hybridized carbons (Fsp3) is 0.357. The van der Waals surface area contributed by atoms with Crippen LogP contribution in [0.1, 0.15) is 12.5 Å². The zero-order valence-electron chi connectivity index (χ0n) is 12.6. The van der Waals surface area contributed by atoms with E-state index in [1.807, 2.05) is 0 Å². The molecule has 1 aromatic carbocycles. The van der Waals surface area contributed by atoms with Gasteiger partial charge in [-0.3, -0.25) is 14.4 Å². The number of methoxy groups -OCH3 is 1. The van der Waals surface area contributed by atoms with E-state index in [1.54, 1.807) is 19.1 Å². The van der Waals surface area contributed by atoms with Crippen molar-refractivity contribution in [3.8, 4) is 5.75 Å². The molecule has 0 unspecified atom stereocenters. The average molecular weight is 328 g/mol. The summed E-state index contributed by atoms with van der Waals surface area (Å²) in [5.41, 5.74) is 1.09. The van der Waals surface area contributed by atoms with Crippen molar-refractivity contribution in [2.45, 2.75) is 13.8 Å². The number of halogens is 1. The quantitative estimate of drug-likeness (QED) is 0.551. The molecule has 0 aromatic heterocycles. The molecule has 3 amide bonds. The molecule has 22 heavy (non-hydrogen) atoms. The number of carbonyl (C=O) groups excluding carboxylic acids is 3. The Morgan fingerprint density at radius 3 is 2.36 bits per heavy atom. The molecule has 0 bridgehead atoms. The molecule has 0 aliphatic rings. The molecule has 0 saturated carbocycles. The van der Waals surface area contributed by atoms with Crippen LogP contribution in [0.5, 0.6) is 5.75 Å². The first-order valence-corrected chi connectivity index (χ1v) is 6.90. The SMILES string of the molecule is COc1cc(Cl)c(C)cc1NC(=O)C(=O)NCCNC(C)=O. The standard InChI is InChI=1S/C14H18ClN3O4/c1-8-6-11(12(22-3)7-10(8)15)18-14(21)13(20)17-5-4-16-9(2)19/h6-7H,4-5H2,1-3H3,(H,16,19)(H,17,20)(H,18,21). The van der Waals surface area contributed by atoms with Gasteiger partial charge < -0.3 is 20.7 Å². The number of hydrogen-bond acceptors (Lipinski definition) is 4. The Morgan fingerprint density at radius 2 is 1.77 bits per heavy atom. The van der Waals surface area contributed by atoms with Gasteiger partial charge in [-0.1, -0.05) is 11.6 Å². The zero-order chi connectivity index (χ0) is 16.7. The number of hydrogen-bond donors (Lipinski definition) is 3. The van der Waals surface area contributed by atoms with Crippen LogP contribution in [-0.4, -0.2) is 37.9 Å². The molecule has 0 aliphatic carbocycles. The number of carbonyl (C=O) groups is 3. The predicted molar refractivity (Wildman–Crippen MR) is 83.1 cm³/mol. The summed E-state index contributed by atoms with van der Waals surface area (Å²) in [5, 5.41) is 7.84. The van der Waals surface area contributed by atoms with E-state index in [-0.39, 0.29) is 19.0 Å². The van der Waals surface area contributed by atoms with Gasteiger partial charge in [0, 0.05) is 31.1 Å². The van der Waals surface area contributed by atoms with E-state index >= 15 is 0 Å². The van der Waals surface area contributed by atoms with Gasteiger partial charge in [0.05, 0.1) is 12.8 Å². The molecule has 0 heterocycles. The van der Waals surface area contributed by atoms with Gasteiger partial charge in [0.25, 0.3) is 0 Å². The lowest BCUT2D eigenvalue weighted by Crippen LogP contribution is -2.39. The van der Waals surface area contributed by atoms with Crippen molar-refractivity contribution in [2.75, 3.05) is 25.5 Å². The molecule has 1 rings (SSSR count). The molecule has 3 N–H and O–H groups in total. The molecule has 0 fully saturated rings. The van der Waals surface area contributed by atoms with Crippen LogP contribution in [0.25, 0.3) is 0 Å². The first kappa shape index (κ1) is 17.8. The highest BCUT2D eigenvalue weighted by Gasteiger charge is 2.16. The molecular weight excluding hydrogens is 310 g/mol. The molecule has 8 heteroatoms. The second-order valence-corrected chi connectivity index (χ2v) is 4.90. The Balaban J connectivity index is 2.62. The molecule has 1 aromatic rings. The zero-order valence-corrected chi connectivity index (χ0v) is 13.3. The van der Waals surface area contributed by atoms with Crippen molar-refractivity contribution in [1.29, 1.82) is 0 Å². The summed E-state index contributed by atoms with van der Waals surface area (Å²) >= 11 is 5.97. The predicted octanol–water partition coefficient (Wildman–Crippen LogP) is 0.848. The van der Waals surface area contributed by atoms with Crippen molar-refractivity contribution in [3.05, 3.63) is 22.7 Å². The second kappa shape index (κ2) is 8.23. The summed E-state index contributed by atoms with van der Waals surface area (Å²) in [6.07, 6.45) is 0. The molecule has 0 aliphatic heterocycles. The van der Waals surface area contributed by atoms with Gasteiger partial charge in [-0.05, 0) is 18.6 Å². The Morgan fingerprint density at radius 1 is 1.14 bits per heavy atom. The number of benzene rings is 1. The molecule has 0 radical (unpaired) electrons. The molecule has 0 spiro atoms. The minimum atomic E-state index is -0.831. The highest BCUT2D eigenvalue weighted by molar-refractivity contribution is 6.40. The highest BCUT2D eigenvalue weighted by atomic mass is 35.5. The third-order valence-electron chi connectivity index (χ3n) is 2.72. The Labute approximate surface area is 133 Å². The minimum Gasteiger partial charge on any atom is -0.495 e. The largest absolute Gasteiger partial charge is 0.495 e. The maximum atomic E-state index is 11.8. The van der Waals surface area contributed by atoms with E-state index in [4.69, 9.17) is 16.3 Å². The summed E-state index contributed by atoms with van der Waals surface area (Å²) in [4.78, 5) is 34.1. The van der Waals surface area contributed by atoms with Crippen molar-refractivity contribution in [2.24, 2.45) is 0 Å². The number of anilines is 1. The monoisotopic (exact) mass is 327 g/mol. The van der Waals surface area contributed by atoms with Crippen LogP contribution in [0.4, 0.5) is 5.69 Å². The topological polar surface area (TPSA) is 96.5 Å². The number of aryl methyl sites for hydroxylation is 1. The average Bonchev–Trinajstić information content (AvgIpc) is 2.46. The van der Waals surface area contributed by atoms with Crippen LogP contribution < -0.4 is 20.7 Å². The summed E-state index contributed by atoms with van der Waals surface area (Å²) in [5.74, 6) is -1.49. The molecule has 0 saturated heterocycles. The molecule has 120 valence electrons. The van der Waals surface area contributed by atoms with E-state index in [1.165, 1.54) is 14.0 Å². The van der Waals surface area contributed by atoms with Gasteiger partial charge >= 0.3 is 11.8 Å². The van der Waals surface area contributed by atoms with Gasteiger partial charge in [0.2, 0.25) is 5.91 Å². The van der Waals surface area contributed by atoms with E-state index in [0.717, 1.165) is 5.56 Å². The highest BCUT2D eigenvalue weighted by Crippen LogP contribution is 2.30. The third-order valence-corrected chi connectivity index (χ3v) is 3.13. The van der Waals surface area contributed by atoms with Crippen molar-refractivity contribution in [1.82, 2.24) is 10.6 Å². The Kier molecular flexibility index (Phi) is 6.65. The lowest BCUT2D eigenvalue weighted by molar-refractivity contribution is -0.136. The van der Waals surface area contributed by atoms with Crippen LogP contribution in [0, 0.1) is 6.92 Å². The van der Waals surface area contributed by atoms with Crippen molar-refractivity contribution < 1.29 is 19.1 Å². The second-order valence-electron chi connectivity index (χ2n) is 4.49. The van der Waals surface area contributed by atoms with Crippen LogP contribution >= 0.6 is 11.6 Å². The van der Waals surface area contributed by atoms with Gasteiger partial charge in [-0.25, -0.2) is 0 Å². The van der Waals surface area contributed by atoms with Crippen LogP contribution in [0.15, 0.2) is 12.1 Å².